The Morgan fingerprint density at radius 1 is 1.22 bits per heavy atom. The lowest BCUT2D eigenvalue weighted by Crippen LogP contribution is -2.53. The van der Waals surface area contributed by atoms with Crippen LogP contribution in [-0.4, -0.2) is 38.4 Å². The van der Waals surface area contributed by atoms with Crippen LogP contribution in [0.3, 0.4) is 0 Å². The fourth-order valence-corrected chi connectivity index (χ4v) is 8.16. The molecule has 2 N–H and O–H groups in total. The smallest absolute Gasteiger partial charge is 0.416 e. The number of rotatable bonds is 8. The van der Waals surface area contributed by atoms with Crippen LogP contribution < -0.4 is 4.72 Å². The minimum absolute atomic E-state index is 0.178. The van der Waals surface area contributed by atoms with Gasteiger partial charge in [-0.05, 0) is 84.9 Å². The van der Waals surface area contributed by atoms with Gasteiger partial charge in [-0.15, -0.1) is 0 Å². The minimum Gasteiger partial charge on any atom is -0.481 e. The second kappa shape index (κ2) is 11.3. The van der Waals surface area contributed by atoms with Crippen molar-refractivity contribution in [3.63, 3.8) is 0 Å². The molecule has 4 rings (SSSR count). The van der Waals surface area contributed by atoms with E-state index in [4.69, 9.17) is 4.84 Å². The number of aliphatic carboxylic acids is 1. The molecule has 41 heavy (non-hydrogen) atoms. The fourth-order valence-electron chi connectivity index (χ4n) is 6.30. The lowest BCUT2D eigenvalue weighted by molar-refractivity contribution is -0.156. The summed E-state index contributed by atoms with van der Waals surface area (Å²) in [5.74, 6) is -0.880. The van der Waals surface area contributed by atoms with E-state index in [0.717, 1.165) is 52.2 Å². The highest BCUT2D eigenvalue weighted by molar-refractivity contribution is 9.10. The van der Waals surface area contributed by atoms with Gasteiger partial charge in [0.1, 0.15) is 6.61 Å². The van der Waals surface area contributed by atoms with E-state index in [1.54, 1.807) is 6.92 Å². The largest absolute Gasteiger partial charge is 0.481 e. The molecule has 12 heteroatoms. The van der Waals surface area contributed by atoms with Crippen molar-refractivity contribution >= 4 is 37.6 Å². The van der Waals surface area contributed by atoms with E-state index < -0.39 is 43.5 Å². The van der Waals surface area contributed by atoms with Crippen molar-refractivity contribution in [2.24, 2.45) is 16.5 Å². The molecule has 1 saturated carbocycles. The zero-order chi connectivity index (χ0) is 30.4. The van der Waals surface area contributed by atoms with Crippen molar-refractivity contribution in [2.45, 2.75) is 75.8 Å². The number of carbonyl (C=O) groups is 1. The number of benzene rings is 2. The van der Waals surface area contributed by atoms with Gasteiger partial charge < -0.3 is 9.94 Å². The number of carboxylic acid groups (broad SMARTS) is 1. The van der Waals surface area contributed by atoms with Crippen LogP contribution in [0, 0.1) is 11.3 Å². The first-order valence-electron chi connectivity index (χ1n) is 13.4. The first-order chi connectivity index (χ1) is 19.0. The fraction of sp³-hybridized carbons (Fsp3) is 0.517. The molecule has 0 aromatic heterocycles. The number of nitrogens with one attached hydrogen (secondary N) is 1. The number of nitrogens with zero attached hydrogens (tertiary/aromatic N) is 1. The van der Waals surface area contributed by atoms with Gasteiger partial charge in [0.25, 0.3) is 0 Å². The maximum atomic E-state index is 13.0. The predicted molar refractivity (Wildman–Crippen MR) is 152 cm³/mol. The number of alkyl halides is 3. The Bertz CT molecular complexity index is 1480. The molecule has 2 aliphatic rings. The summed E-state index contributed by atoms with van der Waals surface area (Å²) in [6.07, 6.45) is -2.12. The van der Waals surface area contributed by atoms with Crippen LogP contribution in [0.1, 0.15) is 81.5 Å². The number of halogens is 4. The van der Waals surface area contributed by atoms with E-state index in [2.05, 4.69) is 58.7 Å². The summed E-state index contributed by atoms with van der Waals surface area (Å²) < 4.78 is 67.4. The maximum Gasteiger partial charge on any atom is 0.416 e. The lowest BCUT2D eigenvalue weighted by Gasteiger charge is -2.53. The topological polar surface area (TPSA) is 105 Å². The molecule has 1 fully saturated rings. The molecule has 0 bridgehead atoms. The zero-order valence-electron chi connectivity index (χ0n) is 23.3. The van der Waals surface area contributed by atoms with Crippen LogP contribution in [0.25, 0.3) is 0 Å². The van der Waals surface area contributed by atoms with Crippen molar-refractivity contribution in [2.75, 3.05) is 13.2 Å². The summed E-state index contributed by atoms with van der Waals surface area (Å²) in [6, 6.07) is 7.64. The third kappa shape index (κ3) is 6.06. The molecule has 0 amide bonds. The minimum atomic E-state index is -4.67. The van der Waals surface area contributed by atoms with E-state index in [1.165, 1.54) is 0 Å². The van der Waals surface area contributed by atoms with Crippen LogP contribution in [0.5, 0.6) is 0 Å². The molecular formula is C29H34BrF3N2O5S. The number of sulfonamides is 1. The summed E-state index contributed by atoms with van der Waals surface area (Å²) in [5.41, 5.74) is 1.14. The van der Waals surface area contributed by atoms with Gasteiger partial charge in [0.2, 0.25) is 10.0 Å². The quantitative estimate of drug-likeness (QED) is 0.239. The summed E-state index contributed by atoms with van der Waals surface area (Å²) >= 11 is 3.71. The van der Waals surface area contributed by atoms with Gasteiger partial charge in [0.05, 0.1) is 21.6 Å². The van der Waals surface area contributed by atoms with E-state index >= 15 is 0 Å². The molecule has 2 aromatic carbocycles. The van der Waals surface area contributed by atoms with E-state index in [1.807, 2.05) is 0 Å². The Hall–Kier alpha value is -2.44. The standard InChI is InChI=1S/C29H34BrF3N2O5S/c1-17(2)20-14-21-22(15-23(20)30)27(3)9-6-10-28(4,26(36)37)25(27)16-24(21)35-40-12-11-34-41(38,39)19-8-5-7-18(13-19)29(31,32)33/h5,7-8,13-15,17,25,34H,6,9-12,16H2,1-4H3,(H,36,37)/b35-24+/t25-,27-,28-/m1/s1. The number of oxime groups is 1. The van der Waals surface area contributed by atoms with Crippen LogP contribution >= 0.6 is 15.9 Å². The molecular weight excluding hydrogens is 625 g/mol. The normalized spacial score (nSPS) is 25.6. The Morgan fingerprint density at radius 2 is 1.93 bits per heavy atom. The summed E-state index contributed by atoms with van der Waals surface area (Å²) in [7, 11) is -4.21. The molecule has 0 heterocycles. The van der Waals surface area contributed by atoms with Crippen molar-refractivity contribution in [1.29, 1.82) is 0 Å². The first-order valence-corrected chi connectivity index (χ1v) is 15.7. The van der Waals surface area contributed by atoms with Gasteiger partial charge >= 0.3 is 12.1 Å². The van der Waals surface area contributed by atoms with E-state index in [-0.39, 0.29) is 25.0 Å². The molecule has 7 nitrogen and oxygen atoms in total. The number of hydrogen-bond acceptors (Lipinski definition) is 5. The Balaban J connectivity index is 1.59. The van der Waals surface area contributed by atoms with Crippen molar-refractivity contribution in [3.05, 3.63) is 63.1 Å². The van der Waals surface area contributed by atoms with Crippen LogP contribution in [0.15, 0.2) is 50.9 Å². The van der Waals surface area contributed by atoms with E-state index in [9.17, 15) is 31.5 Å². The monoisotopic (exact) mass is 658 g/mol. The highest BCUT2D eigenvalue weighted by atomic mass is 79.9. The molecule has 0 saturated heterocycles. The van der Waals surface area contributed by atoms with Gasteiger partial charge in [-0.25, -0.2) is 13.1 Å². The summed E-state index contributed by atoms with van der Waals surface area (Å²) in [4.78, 5) is 17.5. The van der Waals surface area contributed by atoms with Crippen molar-refractivity contribution < 1.29 is 36.3 Å². The third-order valence-electron chi connectivity index (χ3n) is 8.63. The van der Waals surface area contributed by atoms with Crippen LogP contribution in [0.4, 0.5) is 13.2 Å². The molecule has 2 aromatic rings. The zero-order valence-corrected chi connectivity index (χ0v) is 25.7. The predicted octanol–water partition coefficient (Wildman–Crippen LogP) is 6.84. The summed E-state index contributed by atoms with van der Waals surface area (Å²) in [5, 5.41) is 14.6. The second-order valence-corrected chi connectivity index (χ2v) is 14.2. The average molecular weight is 660 g/mol. The Kier molecular flexibility index (Phi) is 8.70. The average Bonchev–Trinajstić information content (AvgIpc) is 2.88. The van der Waals surface area contributed by atoms with Gasteiger partial charge in [-0.2, -0.15) is 13.2 Å². The van der Waals surface area contributed by atoms with Gasteiger partial charge in [0, 0.05) is 16.6 Å². The number of fused-ring (bicyclic) bond motifs is 3. The number of carboxylic acids is 1. The molecule has 0 unspecified atom stereocenters. The Morgan fingerprint density at radius 3 is 2.56 bits per heavy atom. The van der Waals surface area contributed by atoms with Crippen LogP contribution in [-0.2, 0) is 31.2 Å². The lowest BCUT2D eigenvalue weighted by atomic mass is 9.49. The third-order valence-corrected chi connectivity index (χ3v) is 10.8. The van der Waals surface area contributed by atoms with Crippen LogP contribution in [0.2, 0.25) is 0 Å². The highest BCUT2D eigenvalue weighted by Gasteiger charge is 2.56. The maximum absolute atomic E-state index is 13.0. The molecule has 0 radical (unpaired) electrons. The van der Waals surface area contributed by atoms with Crippen molar-refractivity contribution in [1.82, 2.24) is 4.72 Å². The highest BCUT2D eigenvalue weighted by Crippen LogP contribution is 2.58. The molecule has 3 atom stereocenters. The first kappa shape index (κ1) is 31.5. The van der Waals surface area contributed by atoms with Gasteiger partial charge in [-0.3, -0.25) is 4.79 Å². The van der Waals surface area contributed by atoms with Crippen molar-refractivity contribution in [3.8, 4) is 0 Å². The summed E-state index contributed by atoms with van der Waals surface area (Å²) in [6.45, 7) is 7.66. The van der Waals surface area contributed by atoms with Gasteiger partial charge in [0.15, 0.2) is 0 Å². The SMILES string of the molecule is CC(C)c1cc2c(cc1Br)[C@@]1(C)CCC[C@@](C)(C(=O)O)[C@@H]1C/C2=N\OCCNS(=O)(=O)c1cccc(C(F)(F)F)c1. The second-order valence-electron chi connectivity index (χ2n) is 11.6. The molecule has 2 aliphatic carbocycles. The Labute approximate surface area is 246 Å². The molecule has 0 spiro atoms. The molecule has 224 valence electrons. The number of hydrogen-bond donors (Lipinski definition) is 2. The molecule has 0 aliphatic heterocycles. The van der Waals surface area contributed by atoms with Gasteiger partial charge in [-0.1, -0.05) is 54.3 Å². The van der Waals surface area contributed by atoms with E-state index in [0.29, 0.717) is 24.6 Å².